The summed E-state index contributed by atoms with van der Waals surface area (Å²) in [6.07, 6.45) is 3.80. The van der Waals surface area contributed by atoms with Crippen LogP contribution in [0, 0.1) is 0 Å². The Balaban J connectivity index is 2.32. The number of furan rings is 1. The van der Waals surface area contributed by atoms with Crippen LogP contribution < -0.4 is 0 Å². The highest BCUT2D eigenvalue weighted by atomic mass is 16.3. The monoisotopic (exact) mass is 202 g/mol. The van der Waals surface area contributed by atoms with Gasteiger partial charge in [0.2, 0.25) is 0 Å². The second kappa shape index (κ2) is 3.55. The van der Waals surface area contributed by atoms with Gasteiger partial charge in [-0.2, -0.15) is 0 Å². The largest absolute Gasteiger partial charge is 0.464 e. The maximum absolute atomic E-state index is 9.86. The number of aliphatic hydroxyl groups is 1. The van der Waals surface area contributed by atoms with Crippen molar-refractivity contribution in [2.45, 2.75) is 18.9 Å². The summed E-state index contributed by atoms with van der Waals surface area (Å²) in [5.41, 5.74) is 1.10. The van der Waals surface area contributed by atoms with Gasteiger partial charge in [-0.15, -0.1) is 6.58 Å². The molecule has 0 amide bonds. The van der Waals surface area contributed by atoms with Crippen LogP contribution in [-0.2, 0) is 6.42 Å². The Morgan fingerprint density at radius 2 is 2.27 bits per heavy atom. The topological polar surface area (TPSA) is 33.4 Å². The Kier molecular flexibility index (Phi) is 2.37. The van der Waals surface area contributed by atoms with Crippen molar-refractivity contribution < 1.29 is 9.52 Å². The predicted octanol–water partition coefficient (Wildman–Crippen LogP) is 2.91. The fourth-order valence-corrected chi connectivity index (χ4v) is 1.61. The molecule has 1 aromatic heterocycles. The zero-order chi connectivity index (χ0) is 10.9. The van der Waals surface area contributed by atoms with Crippen LogP contribution in [0.3, 0.4) is 0 Å². The Hall–Kier alpha value is -1.54. The zero-order valence-corrected chi connectivity index (χ0v) is 8.73. The summed E-state index contributed by atoms with van der Waals surface area (Å²) >= 11 is 0. The molecule has 0 fully saturated rings. The summed E-state index contributed by atoms with van der Waals surface area (Å²) in [6.45, 7) is 5.36. The van der Waals surface area contributed by atoms with Crippen molar-refractivity contribution in [1.82, 2.24) is 0 Å². The molecular formula is C13H14O2. The zero-order valence-electron chi connectivity index (χ0n) is 8.73. The van der Waals surface area contributed by atoms with Gasteiger partial charge in [-0.25, -0.2) is 0 Å². The normalized spacial score (nSPS) is 15.1. The lowest BCUT2D eigenvalue weighted by Crippen LogP contribution is -2.23. The molecule has 0 aliphatic heterocycles. The van der Waals surface area contributed by atoms with Crippen LogP contribution in [0.4, 0.5) is 0 Å². The lowest BCUT2D eigenvalue weighted by atomic mass is 9.96. The van der Waals surface area contributed by atoms with Crippen molar-refractivity contribution in [2.75, 3.05) is 0 Å². The molecule has 1 heterocycles. The van der Waals surface area contributed by atoms with E-state index >= 15 is 0 Å². The number of hydrogen-bond acceptors (Lipinski definition) is 2. The van der Waals surface area contributed by atoms with E-state index in [-0.39, 0.29) is 0 Å². The first-order valence-corrected chi connectivity index (χ1v) is 4.93. The standard InChI is InChI=1S/C13H14O2/c1-3-13(2,14)9-10-4-5-12-11(8-10)6-7-15-12/h3-8,14H,1,9H2,2H3. The first-order chi connectivity index (χ1) is 7.11. The third-order valence-corrected chi connectivity index (χ3v) is 2.52. The van der Waals surface area contributed by atoms with Gasteiger partial charge in [0, 0.05) is 11.8 Å². The molecule has 0 saturated heterocycles. The average molecular weight is 202 g/mol. The van der Waals surface area contributed by atoms with E-state index in [1.54, 1.807) is 19.3 Å². The molecule has 78 valence electrons. The second-order valence-corrected chi connectivity index (χ2v) is 4.03. The SMILES string of the molecule is C=CC(C)(O)Cc1ccc2occc2c1. The van der Waals surface area contributed by atoms with Crippen molar-refractivity contribution in [1.29, 1.82) is 0 Å². The Bertz CT molecular complexity index is 480. The maximum Gasteiger partial charge on any atom is 0.133 e. The van der Waals surface area contributed by atoms with Gasteiger partial charge in [0.25, 0.3) is 0 Å². The van der Waals surface area contributed by atoms with Crippen LogP contribution in [0.15, 0.2) is 47.6 Å². The van der Waals surface area contributed by atoms with E-state index < -0.39 is 5.60 Å². The van der Waals surface area contributed by atoms with Crippen molar-refractivity contribution in [2.24, 2.45) is 0 Å². The molecule has 2 nitrogen and oxygen atoms in total. The highest BCUT2D eigenvalue weighted by Crippen LogP contribution is 2.20. The Morgan fingerprint density at radius 3 is 3.00 bits per heavy atom. The number of benzene rings is 1. The molecule has 0 spiro atoms. The molecule has 1 atom stereocenters. The smallest absolute Gasteiger partial charge is 0.133 e. The minimum Gasteiger partial charge on any atom is -0.464 e. The first kappa shape index (κ1) is 9.99. The van der Waals surface area contributed by atoms with E-state index in [1.807, 2.05) is 24.3 Å². The van der Waals surface area contributed by atoms with E-state index in [4.69, 9.17) is 4.42 Å². The summed E-state index contributed by atoms with van der Waals surface area (Å²) in [4.78, 5) is 0. The highest BCUT2D eigenvalue weighted by Gasteiger charge is 2.16. The summed E-state index contributed by atoms with van der Waals surface area (Å²) in [6, 6.07) is 7.83. The molecule has 0 aliphatic carbocycles. The van der Waals surface area contributed by atoms with Gasteiger partial charge in [-0.1, -0.05) is 12.1 Å². The van der Waals surface area contributed by atoms with Crippen LogP contribution in [0.25, 0.3) is 11.0 Å². The molecule has 0 aliphatic rings. The predicted molar refractivity (Wildman–Crippen MR) is 60.7 cm³/mol. The fraction of sp³-hybridized carbons (Fsp3) is 0.231. The lowest BCUT2D eigenvalue weighted by Gasteiger charge is -2.18. The van der Waals surface area contributed by atoms with Crippen LogP contribution in [0.1, 0.15) is 12.5 Å². The minimum atomic E-state index is -0.850. The Labute approximate surface area is 88.8 Å². The van der Waals surface area contributed by atoms with Gasteiger partial charge in [-0.05, 0) is 30.7 Å². The van der Waals surface area contributed by atoms with E-state index in [2.05, 4.69) is 6.58 Å². The van der Waals surface area contributed by atoms with Gasteiger partial charge in [-0.3, -0.25) is 0 Å². The second-order valence-electron chi connectivity index (χ2n) is 4.03. The molecular weight excluding hydrogens is 188 g/mol. The highest BCUT2D eigenvalue weighted by molar-refractivity contribution is 5.77. The summed E-state index contributed by atoms with van der Waals surface area (Å²) in [5.74, 6) is 0. The van der Waals surface area contributed by atoms with Crippen molar-refractivity contribution in [3.05, 3.63) is 48.7 Å². The molecule has 0 saturated carbocycles. The molecule has 15 heavy (non-hydrogen) atoms. The Morgan fingerprint density at radius 1 is 1.47 bits per heavy atom. The summed E-state index contributed by atoms with van der Waals surface area (Å²) in [7, 11) is 0. The molecule has 2 aromatic rings. The maximum atomic E-state index is 9.86. The third-order valence-electron chi connectivity index (χ3n) is 2.52. The van der Waals surface area contributed by atoms with Crippen molar-refractivity contribution in [3.8, 4) is 0 Å². The van der Waals surface area contributed by atoms with Gasteiger partial charge in [0.05, 0.1) is 11.9 Å². The van der Waals surface area contributed by atoms with Gasteiger partial charge in [0.1, 0.15) is 5.58 Å². The van der Waals surface area contributed by atoms with E-state index in [0.717, 1.165) is 16.5 Å². The molecule has 1 aromatic carbocycles. The van der Waals surface area contributed by atoms with Crippen LogP contribution in [0.5, 0.6) is 0 Å². The molecule has 2 rings (SSSR count). The van der Waals surface area contributed by atoms with Gasteiger partial charge in [0.15, 0.2) is 0 Å². The third kappa shape index (κ3) is 2.10. The minimum absolute atomic E-state index is 0.567. The quantitative estimate of drug-likeness (QED) is 0.776. The summed E-state index contributed by atoms with van der Waals surface area (Å²) < 4.78 is 5.25. The van der Waals surface area contributed by atoms with Gasteiger partial charge >= 0.3 is 0 Å². The van der Waals surface area contributed by atoms with Crippen LogP contribution >= 0.6 is 0 Å². The van der Waals surface area contributed by atoms with Crippen LogP contribution in [-0.4, -0.2) is 10.7 Å². The molecule has 2 heteroatoms. The van der Waals surface area contributed by atoms with E-state index in [1.165, 1.54) is 0 Å². The van der Waals surface area contributed by atoms with Crippen molar-refractivity contribution >= 4 is 11.0 Å². The van der Waals surface area contributed by atoms with E-state index in [9.17, 15) is 5.11 Å². The summed E-state index contributed by atoms with van der Waals surface area (Å²) in [5, 5.41) is 10.9. The molecule has 1 N–H and O–H groups in total. The fourth-order valence-electron chi connectivity index (χ4n) is 1.61. The molecule has 0 radical (unpaired) electrons. The molecule has 1 unspecified atom stereocenters. The van der Waals surface area contributed by atoms with Gasteiger partial charge < -0.3 is 9.52 Å². The van der Waals surface area contributed by atoms with E-state index in [0.29, 0.717) is 6.42 Å². The first-order valence-electron chi connectivity index (χ1n) is 4.93. The molecule has 0 bridgehead atoms. The average Bonchev–Trinajstić information content (AvgIpc) is 2.64. The van der Waals surface area contributed by atoms with Crippen LogP contribution in [0.2, 0.25) is 0 Å². The lowest BCUT2D eigenvalue weighted by molar-refractivity contribution is 0.113. The number of fused-ring (bicyclic) bond motifs is 1. The number of hydrogen-bond donors (Lipinski definition) is 1. The van der Waals surface area contributed by atoms with Crippen molar-refractivity contribution in [3.63, 3.8) is 0 Å². The number of rotatable bonds is 3.